The quantitative estimate of drug-likeness (QED) is 0.431. The van der Waals surface area contributed by atoms with Gasteiger partial charge in [0.2, 0.25) is 8.32 Å². The first-order chi connectivity index (χ1) is 7.53. The molecule has 0 aliphatic carbocycles. The molecule has 0 radical (unpaired) electrons. The Morgan fingerprint density at radius 2 is 1.76 bits per heavy atom. The second kappa shape index (κ2) is 6.27. The third-order valence-corrected chi connectivity index (χ3v) is 2.63. The van der Waals surface area contributed by atoms with E-state index < -0.39 is 8.32 Å². The summed E-state index contributed by atoms with van der Waals surface area (Å²) in [4.78, 5) is 0. The number of hydrogen-bond donors (Lipinski definition) is 0. The molecular weight excluding hydrogens is 228 g/mol. The van der Waals surface area contributed by atoms with Crippen molar-refractivity contribution < 1.29 is 9.16 Å². The Morgan fingerprint density at radius 3 is 2.12 bits per heavy atom. The molecule has 0 rings (SSSR count). The average molecular weight is 254 g/mol. The largest absolute Gasteiger partial charge is 0.548 e. The molecule has 0 aliphatic rings. The zero-order valence-electron chi connectivity index (χ0n) is 12.5. The molecule has 0 amide bonds. The van der Waals surface area contributed by atoms with Gasteiger partial charge in [0.15, 0.2) is 0 Å². The monoisotopic (exact) mass is 254 g/mol. The van der Waals surface area contributed by atoms with Crippen LogP contribution in [-0.4, -0.2) is 21.5 Å². The van der Waals surface area contributed by atoms with Crippen molar-refractivity contribution in [1.82, 2.24) is 0 Å². The van der Waals surface area contributed by atoms with Crippen LogP contribution in [0.15, 0.2) is 11.8 Å². The van der Waals surface area contributed by atoms with Crippen molar-refractivity contribution in [2.75, 3.05) is 7.11 Å². The zero-order valence-corrected chi connectivity index (χ0v) is 13.5. The lowest BCUT2D eigenvalue weighted by molar-refractivity contribution is 0.181. The lowest BCUT2D eigenvalue weighted by Gasteiger charge is -2.20. The van der Waals surface area contributed by atoms with Crippen molar-refractivity contribution in [3.63, 3.8) is 0 Å². The van der Waals surface area contributed by atoms with Crippen LogP contribution in [-0.2, 0) is 9.16 Å². The van der Waals surface area contributed by atoms with Gasteiger partial charge >= 0.3 is 0 Å². The summed E-state index contributed by atoms with van der Waals surface area (Å²) < 4.78 is 11.2. The Hall–Kier alpha value is -0.723. The first-order valence-electron chi connectivity index (χ1n) is 5.96. The molecule has 0 spiro atoms. The van der Waals surface area contributed by atoms with Crippen molar-refractivity contribution in [2.45, 2.75) is 53.4 Å². The molecule has 0 aromatic heterocycles. The summed E-state index contributed by atoms with van der Waals surface area (Å²) in [6.45, 7) is 14.7. The van der Waals surface area contributed by atoms with Gasteiger partial charge in [-0.15, -0.1) is 0 Å². The summed E-state index contributed by atoms with van der Waals surface area (Å²) in [7, 11) is 0.135. The molecule has 1 unspecified atom stereocenters. The van der Waals surface area contributed by atoms with Gasteiger partial charge in [0, 0.05) is 12.5 Å². The number of hydrogen-bond acceptors (Lipinski definition) is 2. The van der Waals surface area contributed by atoms with E-state index >= 15 is 0 Å². The Morgan fingerprint density at radius 1 is 1.24 bits per heavy atom. The predicted molar refractivity (Wildman–Crippen MR) is 76.2 cm³/mol. The topological polar surface area (TPSA) is 18.5 Å². The van der Waals surface area contributed by atoms with Crippen LogP contribution in [0.2, 0.25) is 19.6 Å². The molecule has 1 atom stereocenters. The van der Waals surface area contributed by atoms with Crippen LogP contribution in [0, 0.1) is 17.3 Å². The van der Waals surface area contributed by atoms with Gasteiger partial charge in [-0.3, -0.25) is 0 Å². The van der Waals surface area contributed by atoms with Gasteiger partial charge in [-0.2, -0.15) is 0 Å². The van der Waals surface area contributed by atoms with E-state index in [9.17, 15) is 0 Å². The number of rotatable bonds is 4. The maximum Gasteiger partial charge on any atom is 0.241 e. The molecule has 0 aromatic rings. The molecule has 0 fully saturated rings. The van der Waals surface area contributed by atoms with Crippen LogP contribution in [0.5, 0.6) is 0 Å². The Bertz CT molecular complexity index is 321. The third kappa shape index (κ3) is 10.2. The van der Waals surface area contributed by atoms with Gasteiger partial charge in [0.25, 0.3) is 0 Å². The van der Waals surface area contributed by atoms with E-state index in [1.165, 1.54) is 0 Å². The van der Waals surface area contributed by atoms with E-state index in [1.54, 1.807) is 7.11 Å². The van der Waals surface area contributed by atoms with Crippen molar-refractivity contribution >= 4 is 8.32 Å². The van der Waals surface area contributed by atoms with Gasteiger partial charge in [-0.1, -0.05) is 11.8 Å². The van der Waals surface area contributed by atoms with E-state index in [0.29, 0.717) is 0 Å². The van der Waals surface area contributed by atoms with Gasteiger partial charge < -0.3 is 9.16 Å². The minimum absolute atomic E-state index is 0.00183. The van der Waals surface area contributed by atoms with E-state index in [-0.39, 0.29) is 11.5 Å². The van der Waals surface area contributed by atoms with Crippen molar-refractivity contribution in [3.05, 3.63) is 11.8 Å². The van der Waals surface area contributed by atoms with Crippen LogP contribution in [0.1, 0.15) is 27.7 Å². The molecule has 3 heteroatoms. The lowest BCUT2D eigenvalue weighted by atomic mass is 9.97. The fourth-order valence-corrected chi connectivity index (χ4v) is 2.22. The molecule has 0 aliphatic heterocycles. The van der Waals surface area contributed by atoms with E-state index in [1.807, 2.05) is 13.0 Å². The lowest BCUT2D eigenvalue weighted by Crippen LogP contribution is -2.24. The van der Waals surface area contributed by atoms with Crippen LogP contribution >= 0.6 is 0 Å². The SMILES string of the molecule is COC(C#CC(C)(C)C)/C=C(\C)O[Si](C)(C)C. The first-order valence-corrected chi connectivity index (χ1v) is 9.37. The molecular formula is C14H26O2Si. The molecule has 0 bridgehead atoms. The molecule has 0 N–H and O–H groups in total. The summed E-state index contributed by atoms with van der Waals surface area (Å²) >= 11 is 0. The fraction of sp³-hybridized carbons (Fsp3) is 0.714. The van der Waals surface area contributed by atoms with Crippen LogP contribution < -0.4 is 0 Å². The maximum absolute atomic E-state index is 5.85. The van der Waals surface area contributed by atoms with Crippen LogP contribution in [0.4, 0.5) is 0 Å². The summed E-state index contributed by atoms with van der Waals surface area (Å²) in [6.07, 6.45) is 1.75. The second-order valence-electron chi connectivity index (χ2n) is 6.17. The van der Waals surface area contributed by atoms with E-state index in [2.05, 4.69) is 52.3 Å². The van der Waals surface area contributed by atoms with Gasteiger partial charge in [0.1, 0.15) is 6.10 Å². The van der Waals surface area contributed by atoms with Crippen molar-refractivity contribution in [2.24, 2.45) is 5.41 Å². The standard InChI is InChI=1S/C14H26O2Si/c1-12(16-17(6,7)8)11-13(15-5)9-10-14(2,3)4/h11,13H,1-8H3/b12-11+. The number of allylic oxidation sites excluding steroid dienone is 1. The normalized spacial score (nSPS) is 14.9. The molecule has 17 heavy (non-hydrogen) atoms. The fourth-order valence-electron chi connectivity index (χ4n) is 1.19. The highest BCUT2D eigenvalue weighted by Crippen LogP contribution is 2.13. The molecule has 0 aromatic carbocycles. The molecule has 0 heterocycles. The number of methoxy groups -OCH3 is 1. The highest BCUT2D eigenvalue weighted by molar-refractivity contribution is 6.70. The van der Waals surface area contributed by atoms with Crippen molar-refractivity contribution in [1.29, 1.82) is 0 Å². The minimum atomic E-state index is -1.53. The van der Waals surface area contributed by atoms with E-state index in [4.69, 9.17) is 9.16 Å². The van der Waals surface area contributed by atoms with Gasteiger partial charge in [0.05, 0.1) is 5.76 Å². The predicted octanol–water partition coefficient (Wildman–Crippen LogP) is 3.81. The first kappa shape index (κ1) is 16.3. The van der Waals surface area contributed by atoms with Crippen LogP contribution in [0.25, 0.3) is 0 Å². The van der Waals surface area contributed by atoms with E-state index in [0.717, 1.165) is 5.76 Å². The third-order valence-electron chi connectivity index (χ3n) is 1.70. The molecule has 98 valence electrons. The minimum Gasteiger partial charge on any atom is -0.548 e. The smallest absolute Gasteiger partial charge is 0.241 e. The molecule has 2 nitrogen and oxygen atoms in total. The summed E-state index contributed by atoms with van der Waals surface area (Å²) in [5.41, 5.74) is -0.00183. The Kier molecular flexibility index (Phi) is 6.01. The van der Waals surface area contributed by atoms with Gasteiger partial charge in [-0.05, 0) is 53.4 Å². The zero-order chi connectivity index (χ0) is 13.7. The van der Waals surface area contributed by atoms with Crippen molar-refractivity contribution in [3.8, 4) is 11.8 Å². The summed E-state index contributed by atoms with van der Waals surface area (Å²) in [5, 5.41) is 0. The average Bonchev–Trinajstić information content (AvgIpc) is 2.07. The van der Waals surface area contributed by atoms with Gasteiger partial charge in [-0.25, -0.2) is 0 Å². The highest BCUT2D eigenvalue weighted by atomic mass is 28.4. The molecule has 0 saturated heterocycles. The van der Waals surface area contributed by atoms with Crippen LogP contribution in [0.3, 0.4) is 0 Å². The Labute approximate surface area is 108 Å². The maximum atomic E-state index is 5.85. The number of ether oxygens (including phenoxy) is 1. The molecule has 0 saturated carbocycles. The summed E-state index contributed by atoms with van der Waals surface area (Å²) in [6, 6.07) is 0. The summed E-state index contributed by atoms with van der Waals surface area (Å²) in [5.74, 6) is 7.19. The second-order valence-corrected chi connectivity index (χ2v) is 10.6. The Balaban J connectivity index is 4.68. The highest BCUT2D eigenvalue weighted by Gasteiger charge is 2.16.